The number of pyridine rings is 1. The zero-order valence-electron chi connectivity index (χ0n) is 16.8. The van der Waals surface area contributed by atoms with Gasteiger partial charge in [-0.3, -0.25) is 4.79 Å². The van der Waals surface area contributed by atoms with Crippen LogP contribution in [0.25, 0.3) is 5.82 Å². The van der Waals surface area contributed by atoms with Crippen molar-refractivity contribution < 1.29 is 31.5 Å². The number of nitrogens with one attached hydrogen (secondary N) is 1. The number of halogens is 5. The van der Waals surface area contributed by atoms with E-state index < -0.39 is 48.0 Å². The highest BCUT2D eigenvalue weighted by Crippen LogP contribution is 2.33. The molecule has 0 radical (unpaired) electrons. The van der Waals surface area contributed by atoms with Gasteiger partial charge in [-0.15, -0.1) is 5.10 Å². The number of ether oxygens (including phenoxy) is 1. The predicted molar refractivity (Wildman–Crippen MR) is 103 cm³/mol. The molecule has 2 aromatic heterocycles. The van der Waals surface area contributed by atoms with Crippen molar-refractivity contribution >= 4 is 5.91 Å². The van der Waals surface area contributed by atoms with Crippen LogP contribution >= 0.6 is 0 Å². The van der Waals surface area contributed by atoms with E-state index in [9.17, 15) is 26.7 Å². The first-order valence-corrected chi connectivity index (χ1v) is 9.29. The molecule has 0 aliphatic heterocycles. The molecule has 0 aliphatic carbocycles. The lowest BCUT2D eigenvalue weighted by atomic mass is 10.1. The lowest BCUT2D eigenvalue weighted by molar-refractivity contribution is -0.137. The Morgan fingerprint density at radius 3 is 2.61 bits per heavy atom. The zero-order valence-corrected chi connectivity index (χ0v) is 16.8. The van der Waals surface area contributed by atoms with Crippen LogP contribution in [-0.4, -0.2) is 38.7 Å². The van der Waals surface area contributed by atoms with Gasteiger partial charge < -0.3 is 10.1 Å². The molecule has 13 heteroatoms. The number of carbonyl (C=O) groups excluding carboxylic acids is 1. The van der Waals surface area contributed by atoms with Crippen LogP contribution in [0.4, 0.5) is 22.0 Å². The van der Waals surface area contributed by atoms with E-state index in [4.69, 9.17) is 5.26 Å². The molecule has 172 valence electrons. The molecule has 0 fully saturated rings. The van der Waals surface area contributed by atoms with Crippen molar-refractivity contribution in [2.45, 2.75) is 25.6 Å². The first-order valence-electron chi connectivity index (χ1n) is 9.29. The predicted octanol–water partition coefficient (Wildman–Crippen LogP) is 3.69. The minimum atomic E-state index is -4.82. The van der Waals surface area contributed by atoms with Gasteiger partial charge in [-0.1, -0.05) is 0 Å². The number of amides is 1. The molecule has 2 heterocycles. The number of hydrogen-bond acceptors (Lipinski definition) is 6. The summed E-state index contributed by atoms with van der Waals surface area (Å²) < 4.78 is 70.2. The second kappa shape index (κ2) is 9.60. The highest BCUT2D eigenvalue weighted by atomic mass is 19.4. The van der Waals surface area contributed by atoms with Crippen molar-refractivity contribution in [3.63, 3.8) is 0 Å². The van der Waals surface area contributed by atoms with E-state index in [1.807, 2.05) is 6.07 Å². The topological polar surface area (TPSA) is 106 Å². The van der Waals surface area contributed by atoms with E-state index >= 15 is 0 Å². The molecule has 33 heavy (non-hydrogen) atoms. The fourth-order valence-corrected chi connectivity index (χ4v) is 2.65. The Balaban J connectivity index is 1.78. The third-order valence-corrected chi connectivity index (χ3v) is 4.23. The Kier molecular flexibility index (Phi) is 6.86. The van der Waals surface area contributed by atoms with Crippen LogP contribution in [0, 0.1) is 11.3 Å². The Labute approximate surface area is 183 Å². The summed E-state index contributed by atoms with van der Waals surface area (Å²) in [5.74, 6) is -0.943. The van der Waals surface area contributed by atoms with Crippen molar-refractivity contribution in [2.24, 2.45) is 0 Å². The molecule has 1 aromatic carbocycles. The minimum absolute atomic E-state index is 0.135. The van der Waals surface area contributed by atoms with Gasteiger partial charge in [0.05, 0.1) is 17.2 Å². The molecular weight excluding hydrogens is 451 g/mol. The van der Waals surface area contributed by atoms with Crippen molar-refractivity contribution in [3.05, 3.63) is 65.4 Å². The highest BCUT2D eigenvalue weighted by molar-refractivity contribution is 5.95. The van der Waals surface area contributed by atoms with Gasteiger partial charge in [0.15, 0.2) is 11.6 Å². The van der Waals surface area contributed by atoms with Gasteiger partial charge in [0.25, 0.3) is 12.3 Å². The number of carbonyl (C=O) groups is 1. The largest absolute Gasteiger partial charge is 0.488 e. The maximum atomic E-state index is 13.2. The van der Waals surface area contributed by atoms with Crippen LogP contribution in [0.15, 0.2) is 42.9 Å². The third-order valence-electron chi connectivity index (χ3n) is 4.23. The molecule has 1 amide bonds. The standard InChI is InChI=1S/C20H15F5N6O2/c1-11(18-28-10-31(30-18)17-3-2-12(7-26)8-27-17)29-19(32)13-4-14(20(23,24)25)6-15(5-13)33-9-16(21)22/h2-6,8,10-11,16H,9H2,1H3,(H,29,32). The second-order valence-electron chi connectivity index (χ2n) is 6.71. The minimum Gasteiger partial charge on any atom is -0.488 e. The van der Waals surface area contributed by atoms with Crippen molar-refractivity contribution in [2.75, 3.05) is 6.61 Å². The summed E-state index contributed by atoms with van der Waals surface area (Å²) in [6.45, 7) is 0.384. The zero-order chi connectivity index (χ0) is 24.2. The summed E-state index contributed by atoms with van der Waals surface area (Å²) in [4.78, 5) is 20.7. The van der Waals surface area contributed by atoms with E-state index in [2.05, 4.69) is 25.1 Å². The lowest BCUT2D eigenvalue weighted by Gasteiger charge is -2.15. The quantitative estimate of drug-likeness (QED) is 0.533. The number of hydrogen-bond donors (Lipinski definition) is 1. The van der Waals surface area contributed by atoms with Crippen LogP contribution in [0.1, 0.15) is 40.3 Å². The lowest BCUT2D eigenvalue weighted by Crippen LogP contribution is -2.28. The summed E-state index contributed by atoms with van der Waals surface area (Å²) in [6.07, 6.45) is -5.07. The summed E-state index contributed by atoms with van der Waals surface area (Å²) in [7, 11) is 0. The molecule has 0 spiro atoms. The molecule has 1 N–H and O–H groups in total. The number of aromatic nitrogens is 4. The summed E-state index contributed by atoms with van der Waals surface area (Å²) >= 11 is 0. The molecule has 3 rings (SSSR count). The number of nitriles is 1. The van der Waals surface area contributed by atoms with E-state index in [1.54, 1.807) is 0 Å². The van der Waals surface area contributed by atoms with Crippen molar-refractivity contribution in [1.82, 2.24) is 25.1 Å². The number of benzene rings is 1. The molecule has 1 unspecified atom stereocenters. The Bertz CT molecular complexity index is 1170. The van der Waals surface area contributed by atoms with E-state index in [1.165, 1.54) is 36.3 Å². The molecule has 0 saturated heterocycles. The van der Waals surface area contributed by atoms with E-state index in [0.29, 0.717) is 23.5 Å². The highest BCUT2D eigenvalue weighted by Gasteiger charge is 2.32. The molecule has 0 saturated carbocycles. The van der Waals surface area contributed by atoms with Crippen LogP contribution in [0.5, 0.6) is 5.75 Å². The Hall–Kier alpha value is -4.08. The normalized spacial score (nSPS) is 12.3. The van der Waals surface area contributed by atoms with Gasteiger partial charge in [0.1, 0.15) is 24.8 Å². The molecule has 0 bridgehead atoms. The van der Waals surface area contributed by atoms with Gasteiger partial charge in [0, 0.05) is 11.8 Å². The monoisotopic (exact) mass is 466 g/mol. The van der Waals surface area contributed by atoms with Gasteiger partial charge in [0.2, 0.25) is 0 Å². The summed E-state index contributed by atoms with van der Waals surface area (Å²) in [5, 5.41) is 15.4. The van der Waals surface area contributed by atoms with E-state index in [0.717, 1.165) is 6.07 Å². The fraction of sp³-hybridized carbons (Fsp3) is 0.250. The molecule has 0 aliphatic rings. The maximum absolute atomic E-state index is 13.2. The molecule has 3 aromatic rings. The smallest absolute Gasteiger partial charge is 0.416 e. The fourth-order valence-electron chi connectivity index (χ4n) is 2.65. The Morgan fingerprint density at radius 2 is 2.00 bits per heavy atom. The molecular formula is C20H15F5N6O2. The average molecular weight is 466 g/mol. The first-order chi connectivity index (χ1) is 15.6. The summed E-state index contributed by atoms with van der Waals surface area (Å²) in [5.41, 5.74) is -1.31. The Morgan fingerprint density at radius 1 is 1.24 bits per heavy atom. The van der Waals surface area contributed by atoms with Gasteiger partial charge in [-0.05, 0) is 37.3 Å². The van der Waals surface area contributed by atoms with Gasteiger partial charge in [-0.2, -0.15) is 18.4 Å². The number of alkyl halides is 5. The van der Waals surface area contributed by atoms with Crippen LogP contribution in [0.3, 0.4) is 0 Å². The van der Waals surface area contributed by atoms with Crippen molar-refractivity contribution in [3.8, 4) is 17.6 Å². The van der Waals surface area contributed by atoms with Crippen LogP contribution < -0.4 is 10.1 Å². The molecule has 8 nitrogen and oxygen atoms in total. The number of nitrogens with zero attached hydrogens (tertiary/aromatic N) is 5. The second-order valence-corrected chi connectivity index (χ2v) is 6.71. The first kappa shape index (κ1) is 23.6. The third kappa shape index (κ3) is 6.00. The SMILES string of the molecule is CC(NC(=O)c1cc(OCC(F)F)cc(C(F)(F)F)c1)c1ncn(-c2ccc(C#N)cn2)n1. The maximum Gasteiger partial charge on any atom is 0.416 e. The molecule has 1 atom stereocenters. The van der Waals surface area contributed by atoms with Gasteiger partial charge in [-0.25, -0.2) is 23.4 Å². The van der Waals surface area contributed by atoms with E-state index in [-0.39, 0.29) is 5.82 Å². The summed E-state index contributed by atoms with van der Waals surface area (Å²) in [6, 6.07) is 6.22. The van der Waals surface area contributed by atoms with Crippen LogP contribution in [-0.2, 0) is 6.18 Å². The van der Waals surface area contributed by atoms with Crippen LogP contribution in [0.2, 0.25) is 0 Å². The number of rotatable bonds is 7. The van der Waals surface area contributed by atoms with Gasteiger partial charge >= 0.3 is 6.18 Å². The van der Waals surface area contributed by atoms with Crippen molar-refractivity contribution in [1.29, 1.82) is 5.26 Å². The average Bonchev–Trinajstić information content (AvgIpc) is 3.27.